The topological polar surface area (TPSA) is 0 Å². The summed E-state index contributed by atoms with van der Waals surface area (Å²) < 4.78 is 0. The fourth-order valence-electron chi connectivity index (χ4n) is 5.44. The number of rotatable bonds is 0. The number of hydrogen-bond acceptors (Lipinski definition) is 0. The van der Waals surface area contributed by atoms with E-state index >= 15 is 0 Å². The van der Waals surface area contributed by atoms with Crippen LogP contribution in [0.15, 0.2) is 72.8 Å². The lowest BCUT2D eigenvalue weighted by Crippen LogP contribution is -2.17. The van der Waals surface area contributed by atoms with E-state index in [1.165, 1.54) is 55.3 Å². The number of hydrogen-bond donors (Lipinski definition) is 0. The highest BCUT2D eigenvalue weighted by molar-refractivity contribution is 5.99. The zero-order chi connectivity index (χ0) is 17.5. The van der Waals surface area contributed by atoms with E-state index in [2.05, 4.69) is 86.6 Å². The Kier molecular flexibility index (Phi) is 2.56. The van der Waals surface area contributed by atoms with E-state index in [-0.39, 0.29) is 5.41 Å². The average Bonchev–Trinajstić information content (AvgIpc) is 3.15. The lowest BCUT2D eigenvalue weighted by molar-refractivity contribution is 0.660. The molecule has 6 rings (SSSR count). The minimum Gasteiger partial charge on any atom is -0.0619 e. The molecule has 0 aromatic heterocycles. The van der Waals surface area contributed by atoms with Gasteiger partial charge in [0.25, 0.3) is 0 Å². The monoisotopic (exact) mass is 332 g/mol. The molecule has 0 N–H and O–H groups in total. The van der Waals surface area contributed by atoms with Gasteiger partial charge in [0.2, 0.25) is 0 Å². The van der Waals surface area contributed by atoms with Crippen molar-refractivity contribution in [2.24, 2.45) is 0 Å². The highest BCUT2D eigenvalue weighted by atomic mass is 14.4. The van der Waals surface area contributed by atoms with Gasteiger partial charge in [-0.2, -0.15) is 0 Å². The third kappa shape index (κ3) is 1.60. The first kappa shape index (κ1) is 14.3. The van der Waals surface area contributed by atoms with Gasteiger partial charge in [-0.3, -0.25) is 0 Å². The summed E-state index contributed by atoms with van der Waals surface area (Å²) in [6.07, 6.45) is 1.06. The van der Waals surface area contributed by atoms with Gasteiger partial charge in [-0.1, -0.05) is 86.6 Å². The predicted molar refractivity (Wildman–Crippen MR) is 110 cm³/mol. The predicted octanol–water partition coefficient (Wildman–Crippen LogP) is 6.72. The fourth-order valence-corrected chi connectivity index (χ4v) is 5.44. The third-order valence-corrected chi connectivity index (χ3v) is 6.46. The molecule has 0 spiro atoms. The van der Waals surface area contributed by atoms with Crippen LogP contribution < -0.4 is 0 Å². The van der Waals surface area contributed by atoms with Gasteiger partial charge in [0.1, 0.15) is 0 Å². The summed E-state index contributed by atoms with van der Waals surface area (Å²) in [5.41, 5.74) is 11.8. The van der Waals surface area contributed by atoms with Gasteiger partial charge >= 0.3 is 0 Å². The number of fused-ring (bicyclic) bond motifs is 9. The third-order valence-electron chi connectivity index (χ3n) is 6.46. The lowest BCUT2D eigenvalue weighted by Gasteiger charge is -2.25. The summed E-state index contributed by atoms with van der Waals surface area (Å²) in [5, 5.41) is 2.74. The van der Waals surface area contributed by atoms with Crippen LogP contribution in [0, 0.1) is 0 Å². The molecular weight excluding hydrogens is 312 g/mol. The zero-order valence-electron chi connectivity index (χ0n) is 15.1. The average molecular weight is 332 g/mol. The zero-order valence-corrected chi connectivity index (χ0v) is 15.1. The van der Waals surface area contributed by atoms with Crippen molar-refractivity contribution >= 4 is 10.8 Å². The van der Waals surface area contributed by atoms with Crippen molar-refractivity contribution in [3.63, 3.8) is 0 Å². The summed E-state index contributed by atoms with van der Waals surface area (Å²) in [4.78, 5) is 0. The van der Waals surface area contributed by atoms with E-state index in [9.17, 15) is 0 Å². The highest BCUT2D eigenvalue weighted by Crippen LogP contribution is 2.55. The van der Waals surface area contributed by atoms with Crippen LogP contribution in [-0.2, 0) is 11.8 Å². The molecule has 0 heterocycles. The van der Waals surface area contributed by atoms with Crippen molar-refractivity contribution < 1.29 is 0 Å². The Bertz CT molecular complexity index is 1220. The molecule has 2 aliphatic carbocycles. The molecular formula is C26H20. The molecule has 0 radical (unpaired) electrons. The smallest absolute Gasteiger partial charge is 0.0168 e. The minimum absolute atomic E-state index is 0.0267. The molecule has 0 saturated heterocycles. The van der Waals surface area contributed by atoms with Crippen LogP contribution in [0.25, 0.3) is 33.0 Å². The normalized spacial score (nSPS) is 15.5. The van der Waals surface area contributed by atoms with Gasteiger partial charge in [0.15, 0.2) is 0 Å². The van der Waals surface area contributed by atoms with E-state index in [0.717, 1.165) is 6.42 Å². The summed E-state index contributed by atoms with van der Waals surface area (Å²) >= 11 is 0. The maximum absolute atomic E-state index is 2.41. The largest absolute Gasteiger partial charge is 0.0619 e. The second kappa shape index (κ2) is 4.65. The summed E-state index contributed by atoms with van der Waals surface area (Å²) in [7, 11) is 0. The van der Waals surface area contributed by atoms with Crippen LogP contribution in [0.3, 0.4) is 0 Å². The molecule has 0 amide bonds. The van der Waals surface area contributed by atoms with Crippen molar-refractivity contribution in [2.45, 2.75) is 25.7 Å². The molecule has 26 heavy (non-hydrogen) atoms. The Balaban J connectivity index is 1.71. The molecule has 124 valence electrons. The molecule has 0 saturated carbocycles. The molecule has 0 aliphatic heterocycles. The van der Waals surface area contributed by atoms with Crippen LogP contribution in [0.5, 0.6) is 0 Å². The quantitative estimate of drug-likeness (QED) is 0.295. The molecule has 0 unspecified atom stereocenters. The van der Waals surface area contributed by atoms with Gasteiger partial charge < -0.3 is 0 Å². The van der Waals surface area contributed by atoms with Crippen molar-refractivity contribution in [1.29, 1.82) is 0 Å². The van der Waals surface area contributed by atoms with Crippen molar-refractivity contribution in [2.75, 3.05) is 0 Å². The molecule has 2 aliphatic rings. The standard InChI is InChI=1S/C26H20/c1-26(2)24-19-10-6-3-7-16(19)11-12-21(24)22-14-13-20-18-9-5-4-8-17(18)15-23(20)25(22)26/h3-14H,15H2,1-2H3. The Hall–Kier alpha value is -2.86. The van der Waals surface area contributed by atoms with Crippen molar-refractivity contribution in [3.8, 4) is 22.3 Å². The molecule has 0 atom stereocenters. The molecule has 0 bridgehead atoms. The fraction of sp³-hybridized carbons (Fsp3) is 0.154. The van der Waals surface area contributed by atoms with Crippen molar-refractivity contribution in [3.05, 3.63) is 95.1 Å². The summed E-state index contributed by atoms with van der Waals surface area (Å²) in [5.74, 6) is 0. The molecule has 4 aromatic carbocycles. The van der Waals surface area contributed by atoms with Gasteiger partial charge in [-0.15, -0.1) is 0 Å². The molecule has 0 nitrogen and oxygen atoms in total. The molecule has 0 heteroatoms. The maximum Gasteiger partial charge on any atom is 0.0168 e. The highest BCUT2D eigenvalue weighted by Gasteiger charge is 2.40. The van der Waals surface area contributed by atoms with E-state index in [1.54, 1.807) is 0 Å². The van der Waals surface area contributed by atoms with Crippen molar-refractivity contribution in [1.82, 2.24) is 0 Å². The maximum atomic E-state index is 2.41. The van der Waals surface area contributed by atoms with Crippen LogP contribution in [-0.4, -0.2) is 0 Å². The Morgan fingerprint density at radius 2 is 1.31 bits per heavy atom. The van der Waals surface area contributed by atoms with Crippen LogP contribution in [0.2, 0.25) is 0 Å². The van der Waals surface area contributed by atoms with Crippen LogP contribution >= 0.6 is 0 Å². The lowest BCUT2D eigenvalue weighted by atomic mass is 9.77. The van der Waals surface area contributed by atoms with Gasteiger partial charge in [-0.25, -0.2) is 0 Å². The van der Waals surface area contributed by atoms with Crippen LogP contribution in [0.4, 0.5) is 0 Å². The van der Waals surface area contributed by atoms with E-state index in [0.29, 0.717) is 0 Å². The second-order valence-electron chi connectivity index (χ2n) is 8.18. The number of benzene rings is 4. The molecule has 0 fully saturated rings. The van der Waals surface area contributed by atoms with Gasteiger partial charge in [0.05, 0.1) is 0 Å². The van der Waals surface area contributed by atoms with Gasteiger partial charge in [-0.05, 0) is 61.7 Å². The second-order valence-corrected chi connectivity index (χ2v) is 8.18. The Morgan fingerprint density at radius 1 is 0.615 bits per heavy atom. The van der Waals surface area contributed by atoms with Crippen LogP contribution in [0.1, 0.15) is 36.1 Å². The first-order valence-corrected chi connectivity index (χ1v) is 9.43. The summed E-state index contributed by atoms with van der Waals surface area (Å²) in [6.45, 7) is 4.82. The summed E-state index contributed by atoms with van der Waals surface area (Å²) in [6, 6.07) is 27.0. The molecule has 4 aromatic rings. The van der Waals surface area contributed by atoms with E-state index < -0.39 is 0 Å². The Morgan fingerprint density at radius 3 is 2.23 bits per heavy atom. The first-order chi connectivity index (χ1) is 12.7. The first-order valence-electron chi connectivity index (χ1n) is 9.43. The van der Waals surface area contributed by atoms with Gasteiger partial charge in [0, 0.05) is 5.41 Å². The van der Waals surface area contributed by atoms with E-state index in [1.807, 2.05) is 0 Å². The Labute approximate surface area is 154 Å². The SMILES string of the molecule is CC1(C)c2c(ccc3c2Cc2ccccc2-3)-c2ccc3ccccc3c21. The minimum atomic E-state index is 0.0267. The van der Waals surface area contributed by atoms with E-state index in [4.69, 9.17) is 0 Å².